The van der Waals surface area contributed by atoms with Gasteiger partial charge in [0, 0.05) is 17.6 Å². The van der Waals surface area contributed by atoms with E-state index >= 15 is 0 Å². The van der Waals surface area contributed by atoms with Crippen LogP contribution < -0.4 is 0 Å². The molecule has 0 heterocycles. The first-order valence-electron chi connectivity index (χ1n) is 5.76. The molecule has 0 aliphatic carbocycles. The third kappa shape index (κ3) is 5.02. The highest BCUT2D eigenvalue weighted by Crippen LogP contribution is 2.25. The van der Waals surface area contributed by atoms with Gasteiger partial charge in [0.2, 0.25) is 0 Å². The van der Waals surface area contributed by atoms with Crippen LogP contribution in [0.4, 0.5) is 0 Å². The molecule has 0 aliphatic heterocycles. The lowest BCUT2D eigenvalue weighted by Gasteiger charge is -2.17. The number of rotatable bonds is 6. The Morgan fingerprint density at radius 3 is 2.72 bits per heavy atom. The average molecular weight is 286 g/mol. The fraction of sp³-hybridized carbons (Fsp3) is 0.462. The highest BCUT2D eigenvalue weighted by Gasteiger charge is 2.19. The summed E-state index contributed by atoms with van der Waals surface area (Å²) in [5, 5.41) is 19.8. The lowest BCUT2D eigenvalue weighted by atomic mass is 10.1. The first kappa shape index (κ1) is 15.6. The maximum atomic E-state index is 10.8. The van der Waals surface area contributed by atoms with E-state index in [-0.39, 0.29) is 10.9 Å². The number of hydrogen-bond donors (Lipinski definition) is 2. The van der Waals surface area contributed by atoms with E-state index in [0.717, 1.165) is 22.4 Å². The monoisotopic (exact) mass is 286 g/mol. The van der Waals surface area contributed by atoms with Crippen LogP contribution in [0.2, 0.25) is 0 Å². The van der Waals surface area contributed by atoms with E-state index in [1.165, 1.54) is 6.92 Å². The molecular formula is C13H18O3S2. The molecule has 1 aromatic carbocycles. The van der Waals surface area contributed by atoms with Gasteiger partial charge >= 0.3 is 0 Å². The minimum absolute atomic E-state index is 0.0588. The highest BCUT2D eigenvalue weighted by molar-refractivity contribution is 8.13. The van der Waals surface area contributed by atoms with Crippen LogP contribution in [0.25, 0.3) is 0 Å². The number of aliphatic hydroxyl groups is 2. The van der Waals surface area contributed by atoms with Crippen molar-refractivity contribution in [3.63, 3.8) is 0 Å². The van der Waals surface area contributed by atoms with Gasteiger partial charge in [-0.05, 0) is 23.4 Å². The predicted octanol–water partition coefficient (Wildman–Crippen LogP) is 2.47. The van der Waals surface area contributed by atoms with Crippen molar-refractivity contribution in [3.05, 3.63) is 29.8 Å². The van der Waals surface area contributed by atoms with Crippen LogP contribution in [0.1, 0.15) is 25.5 Å². The molecule has 1 aromatic rings. The molecule has 2 atom stereocenters. The lowest BCUT2D eigenvalue weighted by molar-refractivity contribution is -0.109. The van der Waals surface area contributed by atoms with Crippen molar-refractivity contribution < 1.29 is 15.0 Å². The van der Waals surface area contributed by atoms with Crippen molar-refractivity contribution in [1.29, 1.82) is 0 Å². The first-order valence-corrected chi connectivity index (χ1v) is 7.74. The van der Waals surface area contributed by atoms with E-state index < -0.39 is 12.2 Å². The van der Waals surface area contributed by atoms with Crippen molar-refractivity contribution >= 4 is 28.6 Å². The smallest absolute Gasteiger partial charge is 0.185 e. The Kier molecular flexibility index (Phi) is 6.78. The van der Waals surface area contributed by atoms with E-state index in [1.54, 1.807) is 17.8 Å². The quantitative estimate of drug-likeness (QED) is 0.787. The molecule has 2 unspecified atom stereocenters. The van der Waals surface area contributed by atoms with Crippen LogP contribution in [0, 0.1) is 0 Å². The zero-order chi connectivity index (χ0) is 13.5. The molecule has 5 heteroatoms. The van der Waals surface area contributed by atoms with Crippen molar-refractivity contribution in [1.82, 2.24) is 0 Å². The van der Waals surface area contributed by atoms with E-state index in [9.17, 15) is 15.0 Å². The van der Waals surface area contributed by atoms with Crippen molar-refractivity contribution in [3.8, 4) is 0 Å². The van der Waals surface area contributed by atoms with Crippen LogP contribution in [-0.2, 0) is 4.79 Å². The Bertz CT molecular complexity index is 396. The lowest BCUT2D eigenvalue weighted by Crippen LogP contribution is -2.21. The highest BCUT2D eigenvalue weighted by atomic mass is 32.2. The maximum absolute atomic E-state index is 10.8. The number of carbonyl (C=O) groups is 1. The number of hydrogen-bond acceptors (Lipinski definition) is 5. The van der Waals surface area contributed by atoms with Gasteiger partial charge in [-0.15, -0.1) is 11.8 Å². The number of thioether (sulfide) groups is 2. The summed E-state index contributed by atoms with van der Waals surface area (Å²) in [6, 6.07) is 7.50. The average Bonchev–Trinajstić information content (AvgIpc) is 2.35. The second kappa shape index (κ2) is 7.84. The second-order valence-corrected chi connectivity index (χ2v) is 6.35. The molecule has 0 bridgehead atoms. The first-order chi connectivity index (χ1) is 8.54. The van der Waals surface area contributed by atoms with Gasteiger partial charge in [-0.1, -0.05) is 30.8 Å². The normalized spacial score (nSPS) is 14.2. The van der Waals surface area contributed by atoms with Crippen molar-refractivity contribution in [2.75, 3.05) is 11.5 Å². The molecule has 0 spiro atoms. The van der Waals surface area contributed by atoms with E-state index in [0.29, 0.717) is 5.56 Å². The summed E-state index contributed by atoms with van der Waals surface area (Å²) < 4.78 is 0. The van der Waals surface area contributed by atoms with Crippen molar-refractivity contribution in [2.45, 2.75) is 31.0 Å². The van der Waals surface area contributed by atoms with Gasteiger partial charge in [0.15, 0.2) is 5.12 Å². The van der Waals surface area contributed by atoms with Gasteiger partial charge in [-0.2, -0.15) is 0 Å². The third-order valence-electron chi connectivity index (χ3n) is 2.33. The van der Waals surface area contributed by atoms with Gasteiger partial charge in [-0.25, -0.2) is 0 Å². The molecule has 100 valence electrons. The van der Waals surface area contributed by atoms with Gasteiger partial charge in [0.1, 0.15) is 6.10 Å². The standard InChI is InChI=1S/C13H18O3S2/c1-3-17-11-6-4-5-10(7-11)13(16)12(15)8-18-9(2)14/h4-7,12-13,15-16H,3,8H2,1-2H3. The molecule has 0 aromatic heterocycles. The Labute approximate surface area is 116 Å². The predicted molar refractivity (Wildman–Crippen MR) is 76.9 cm³/mol. The number of aliphatic hydroxyl groups excluding tert-OH is 2. The third-order valence-corrected chi connectivity index (χ3v) is 4.12. The van der Waals surface area contributed by atoms with E-state index in [1.807, 2.05) is 18.2 Å². The van der Waals surface area contributed by atoms with Crippen LogP contribution in [-0.4, -0.2) is 32.9 Å². The molecule has 18 heavy (non-hydrogen) atoms. The summed E-state index contributed by atoms with van der Waals surface area (Å²) in [6.45, 7) is 3.51. The van der Waals surface area contributed by atoms with Crippen LogP contribution in [0.5, 0.6) is 0 Å². The van der Waals surface area contributed by atoms with Gasteiger partial charge in [-0.3, -0.25) is 4.79 Å². The van der Waals surface area contributed by atoms with E-state index in [2.05, 4.69) is 6.92 Å². The van der Waals surface area contributed by atoms with Crippen LogP contribution in [0.15, 0.2) is 29.2 Å². The zero-order valence-electron chi connectivity index (χ0n) is 10.5. The minimum atomic E-state index is -0.950. The molecule has 0 fully saturated rings. The SMILES string of the molecule is CCSc1cccc(C(O)C(O)CSC(C)=O)c1. The Balaban J connectivity index is 2.67. The molecule has 1 rings (SSSR count). The molecule has 3 nitrogen and oxygen atoms in total. The zero-order valence-corrected chi connectivity index (χ0v) is 12.1. The Morgan fingerprint density at radius 2 is 2.11 bits per heavy atom. The summed E-state index contributed by atoms with van der Waals surface area (Å²) >= 11 is 2.71. The molecule has 0 amide bonds. The fourth-order valence-electron chi connectivity index (χ4n) is 1.47. The van der Waals surface area contributed by atoms with E-state index in [4.69, 9.17) is 0 Å². The largest absolute Gasteiger partial charge is 0.389 e. The Morgan fingerprint density at radius 1 is 1.39 bits per heavy atom. The summed E-state index contributed by atoms with van der Waals surface area (Å²) in [6.07, 6.45) is -1.88. The summed E-state index contributed by atoms with van der Waals surface area (Å²) in [5.74, 6) is 1.17. The fourth-order valence-corrected chi connectivity index (χ4v) is 2.79. The molecule has 0 saturated heterocycles. The molecule has 0 radical (unpaired) electrons. The topological polar surface area (TPSA) is 57.5 Å². The summed E-state index contributed by atoms with van der Waals surface area (Å²) in [7, 11) is 0. The van der Waals surface area contributed by atoms with Crippen LogP contribution in [0.3, 0.4) is 0 Å². The Hall–Kier alpha value is -0.490. The number of benzene rings is 1. The van der Waals surface area contributed by atoms with Gasteiger partial charge < -0.3 is 10.2 Å². The molecular weight excluding hydrogens is 268 g/mol. The van der Waals surface area contributed by atoms with Gasteiger partial charge in [0.25, 0.3) is 0 Å². The van der Waals surface area contributed by atoms with Crippen LogP contribution >= 0.6 is 23.5 Å². The summed E-state index contributed by atoms with van der Waals surface area (Å²) in [5.41, 5.74) is 0.685. The molecule has 0 saturated carbocycles. The molecule has 2 N–H and O–H groups in total. The second-order valence-electron chi connectivity index (χ2n) is 3.82. The maximum Gasteiger partial charge on any atom is 0.185 e. The number of carbonyl (C=O) groups excluding carboxylic acids is 1. The summed E-state index contributed by atoms with van der Waals surface area (Å²) in [4.78, 5) is 11.9. The minimum Gasteiger partial charge on any atom is -0.389 e. The van der Waals surface area contributed by atoms with Gasteiger partial charge in [0.05, 0.1) is 6.10 Å². The van der Waals surface area contributed by atoms with Crippen molar-refractivity contribution in [2.24, 2.45) is 0 Å². The molecule has 0 aliphatic rings.